The van der Waals surface area contributed by atoms with Gasteiger partial charge >= 0.3 is 0 Å². The maximum absolute atomic E-state index is 3.51. The monoisotopic (exact) mass is 243 g/mol. The van der Waals surface area contributed by atoms with E-state index in [1.165, 1.54) is 5.70 Å². The van der Waals surface area contributed by atoms with Crippen molar-refractivity contribution in [1.29, 1.82) is 0 Å². The topological polar surface area (TPSA) is 3.24 Å². The standard InChI is InChI=1S/C17H25N/c1-13(2)16(6)18-11-9-7-8-10-15(5)12-17(18)14(3)4/h7,9-11,13-14,16H,1-6H3/b11-9-. The van der Waals surface area contributed by atoms with E-state index in [2.05, 4.69) is 70.2 Å². The zero-order chi connectivity index (χ0) is 13.7. The van der Waals surface area contributed by atoms with Crippen molar-refractivity contribution in [3.05, 3.63) is 47.2 Å². The van der Waals surface area contributed by atoms with E-state index >= 15 is 0 Å². The lowest BCUT2D eigenvalue weighted by Gasteiger charge is -2.33. The molecule has 0 spiro atoms. The molecule has 0 saturated carbocycles. The van der Waals surface area contributed by atoms with Crippen LogP contribution >= 0.6 is 0 Å². The first-order chi connectivity index (χ1) is 8.43. The van der Waals surface area contributed by atoms with E-state index in [-0.39, 0.29) is 0 Å². The summed E-state index contributed by atoms with van der Waals surface area (Å²) < 4.78 is 0. The summed E-state index contributed by atoms with van der Waals surface area (Å²) in [6.07, 6.45) is 8.13. The van der Waals surface area contributed by atoms with Crippen LogP contribution in [0.1, 0.15) is 41.5 Å². The van der Waals surface area contributed by atoms with E-state index in [9.17, 15) is 0 Å². The Morgan fingerprint density at radius 2 is 1.78 bits per heavy atom. The van der Waals surface area contributed by atoms with Gasteiger partial charge in [-0.25, -0.2) is 0 Å². The highest BCUT2D eigenvalue weighted by Gasteiger charge is 2.19. The summed E-state index contributed by atoms with van der Waals surface area (Å²) in [7, 11) is 0. The highest BCUT2D eigenvalue weighted by molar-refractivity contribution is 5.23. The highest BCUT2D eigenvalue weighted by atomic mass is 15.2. The van der Waals surface area contributed by atoms with Gasteiger partial charge in [-0.2, -0.15) is 0 Å². The third-order valence-corrected chi connectivity index (χ3v) is 3.29. The molecule has 1 rings (SSSR count). The van der Waals surface area contributed by atoms with E-state index in [0.29, 0.717) is 17.9 Å². The van der Waals surface area contributed by atoms with Gasteiger partial charge in [0.2, 0.25) is 0 Å². The minimum Gasteiger partial charge on any atom is -0.342 e. The van der Waals surface area contributed by atoms with Crippen LogP contribution in [0.15, 0.2) is 47.2 Å². The molecule has 0 aromatic rings. The van der Waals surface area contributed by atoms with Crippen molar-refractivity contribution < 1.29 is 0 Å². The number of hydrogen-bond acceptors (Lipinski definition) is 1. The molecule has 0 aromatic heterocycles. The van der Waals surface area contributed by atoms with Gasteiger partial charge in [-0.1, -0.05) is 33.4 Å². The molecule has 1 aliphatic rings. The first-order valence-corrected chi connectivity index (χ1v) is 6.78. The summed E-state index contributed by atoms with van der Waals surface area (Å²) >= 11 is 0. The molecule has 0 aliphatic carbocycles. The fourth-order valence-electron chi connectivity index (χ4n) is 1.87. The van der Waals surface area contributed by atoms with Gasteiger partial charge in [0.1, 0.15) is 0 Å². The van der Waals surface area contributed by atoms with Crippen molar-refractivity contribution in [3.63, 3.8) is 0 Å². The van der Waals surface area contributed by atoms with Gasteiger partial charge in [0.05, 0.1) is 5.70 Å². The summed E-state index contributed by atoms with van der Waals surface area (Å²) in [6, 6.07) is 0.463. The zero-order valence-electron chi connectivity index (χ0n) is 12.5. The average Bonchev–Trinajstić information content (AvgIpc) is 2.38. The molecule has 0 aromatic carbocycles. The van der Waals surface area contributed by atoms with E-state index in [0.717, 1.165) is 5.57 Å². The summed E-state index contributed by atoms with van der Waals surface area (Å²) in [5, 5.41) is 0. The highest BCUT2D eigenvalue weighted by Crippen LogP contribution is 2.23. The molecule has 0 fully saturated rings. The van der Waals surface area contributed by atoms with Gasteiger partial charge in [-0.3, -0.25) is 0 Å². The van der Waals surface area contributed by atoms with Gasteiger partial charge in [0.25, 0.3) is 0 Å². The van der Waals surface area contributed by atoms with Gasteiger partial charge in [-0.05, 0) is 38.0 Å². The first-order valence-electron chi connectivity index (χ1n) is 6.78. The fraction of sp³-hybridized carbons (Fsp3) is 0.529. The van der Waals surface area contributed by atoms with Gasteiger partial charge < -0.3 is 4.90 Å². The van der Waals surface area contributed by atoms with Crippen LogP contribution in [0.2, 0.25) is 0 Å². The molecule has 0 radical (unpaired) electrons. The van der Waals surface area contributed by atoms with Crippen LogP contribution in [0.5, 0.6) is 0 Å². The quantitative estimate of drug-likeness (QED) is 0.652. The third kappa shape index (κ3) is 3.81. The van der Waals surface area contributed by atoms with Crippen molar-refractivity contribution in [2.45, 2.75) is 47.6 Å². The molecule has 1 unspecified atom stereocenters. The Bertz CT molecular complexity index is 436. The SMILES string of the molecule is CC1=C=C(C(C)C)N(C(C)C(C)C)/C=C\C=C=C1. The van der Waals surface area contributed by atoms with Crippen molar-refractivity contribution >= 4 is 0 Å². The van der Waals surface area contributed by atoms with Crippen LogP contribution in [-0.4, -0.2) is 10.9 Å². The molecular weight excluding hydrogens is 218 g/mol. The Morgan fingerprint density at radius 3 is 2.33 bits per heavy atom. The molecule has 0 bridgehead atoms. The van der Waals surface area contributed by atoms with Crippen LogP contribution < -0.4 is 0 Å². The first kappa shape index (κ1) is 14.6. The number of hydrogen-bond donors (Lipinski definition) is 0. The lowest BCUT2D eigenvalue weighted by molar-refractivity contribution is 0.268. The van der Waals surface area contributed by atoms with E-state index in [1.54, 1.807) is 0 Å². The van der Waals surface area contributed by atoms with Crippen LogP contribution in [0.3, 0.4) is 0 Å². The summed E-state index contributed by atoms with van der Waals surface area (Å²) in [5.41, 5.74) is 9.04. The average molecular weight is 243 g/mol. The molecule has 1 nitrogen and oxygen atoms in total. The number of nitrogens with zero attached hydrogens (tertiary/aromatic N) is 1. The van der Waals surface area contributed by atoms with Crippen LogP contribution in [0.4, 0.5) is 0 Å². The Labute approximate surface area is 112 Å². The maximum Gasteiger partial charge on any atom is 0.0635 e. The molecule has 0 amide bonds. The van der Waals surface area contributed by atoms with Crippen molar-refractivity contribution in [2.24, 2.45) is 11.8 Å². The lowest BCUT2D eigenvalue weighted by atomic mass is 10.0. The molecule has 18 heavy (non-hydrogen) atoms. The molecule has 98 valence electrons. The molecule has 1 atom stereocenters. The Balaban J connectivity index is 3.32. The second kappa shape index (κ2) is 6.50. The second-order valence-corrected chi connectivity index (χ2v) is 5.56. The van der Waals surface area contributed by atoms with Crippen molar-refractivity contribution in [2.75, 3.05) is 0 Å². The summed E-state index contributed by atoms with van der Waals surface area (Å²) in [4.78, 5) is 2.34. The molecule has 0 saturated heterocycles. The molecule has 1 heterocycles. The summed E-state index contributed by atoms with van der Waals surface area (Å²) in [5.74, 6) is 1.06. The Kier molecular flexibility index (Phi) is 5.28. The maximum atomic E-state index is 3.51. The normalized spacial score (nSPS) is 19.2. The second-order valence-electron chi connectivity index (χ2n) is 5.56. The van der Waals surface area contributed by atoms with Gasteiger partial charge in [0, 0.05) is 23.7 Å². The molecular formula is C17H25N. The molecule has 1 aliphatic heterocycles. The number of rotatable bonds is 3. The smallest absolute Gasteiger partial charge is 0.0635 e. The molecule has 1 heteroatoms. The van der Waals surface area contributed by atoms with E-state index in [1.807, 2.05) is 12.2 Å². The van der Waals surface area contributed by atoms with Crippen LogP contribution in [0, 0.1) is 11.8 Å². The lowest BCUT2D eigenvalue weighted by Crippen LogP contribution is -2.33. The predicted octanol–water partition coefficient (Wildman–Crippen LogP) is 4.66. The third-order valence-electron chi connectivity index (χ3n) is 3.29. The van der Waals surface area contributed by atoms with Gasteiger partial charge in [0.15, 0.2) is 0 Å². The van der Waals surface area contributed by atoms with Crippen LogP contribution in [0.25, 0.3) is 0 Å². The number of allylic oxidation sites excluding steroid dienone is 3. The van der Waals surface area contributed by atoms with E-state index in [4.69, 9.17) is 0 Å². The van der Waals surface area contributed by atoms with Gasteiger partial charge in [-0.15, -0.1) is 5.73 Å². The Morgan fingerprint density at radius 1 is 1.11 bits per heavy atom. The minimum absolute atomic E-state index is 0.456. The minimum atomic E-state index is 0.456. The zero-order valence-corrected chi connectivity index (χ0v) is 12.5. The van der Waals surface area contributed by atoms with Crippen molar-refractivity contribution in [1.82, 2.24) is 4.90 Å². The molecule has 0 N–H and O–H groups in total. The summed E-state index contributed by atoms with van der Waals surface area (Å²) in [6.45, 7) is 13.3. The predicted molar refractivity (Wildman–Crippen MR) is 79.0 cm³/mol. The van der Waals surface area contributed by atoms with E-state index < -0.39 is 0 Å². The fourth-order valence-corrected chi connectivity index (χ4v) is 1.87. The Hall–Kier alpha value is -1.42. The van der Waals surface area contributed by atoms with Crippen LogP contribution in [-0.2, 0) is 0 Å². The van der Waals surface area contributed by atoms with Crippen molar-refractivity contribution in [3.8, 4) is 0 Å². The largest absolute Gasteiger partial charge is 0.342 e.